The predicted molar refractivity (Wildman–Crippen MR) is 90.2 cm³/mol. The summed E-state index contributed by atoms with van der Waals surface area (Å²) in [5.41, 5.74) is -0.442. The van der Waals surface area contributed by atoms with E-state index < -0.39 is 5.60 Å². The Hall–Kier alpha value is -1.49. The van der Waals surface area contributed by atoms with Gasteiger partial charge in [0, 0.05) is 18.6 Å². The van der Waals surface area contributed by atoms with Crippen LogP contribution in [0.4, 0.5) is 4.79 Å². The van der Waals surface area contributed by atoms with Gasteiger partial charge in [-0.1, -0.05) is 0 Å². The van der Waals surface area contributed by atoms with Crippen LogP contribution in [0, 0.1) is 0 Å². The van der Waals surface area contributed by atoms with Crippen molar-refractivity contribution in [3.05, 3.63) is 24.2 Å². The second kappa shape index (κ2) is 7.86. The van der Waals surface area contributed by atoms with Gasteiger partial charge in [-0.2, -0.15) is 0 Å². The lowest BCUT2D eigenvalue weighted by molar-refractivity contribution is 0.00786. The molecule has 1 aromatic rings. The standard InChI is InChI=1S/C18H30N2O3/c1-14(19-13-16-9-7-11-22-16)12-15-8-5-6-10-20(15)17(21)23-18(2,3)4/h7,9,11,14-15,19H,5-6,8,10,12-13H2,1-4H3. The molecule has 0 spiro atoms. The minimum absolute atomic E-state index is 0.180. The zero-order valence-corrected chi connectivity index (χ0v) is 14.8. The van der Waals surface area contributed by atoms with Crippen LogP contribution in [-0.2, 0) is 11.3 Å². The van der Waals surface area contributed by atoms with Gasteiger partial charge in [-0.05, 0) is 65.5 Å². The van der Waals surface area contributed by atoms with Gasteiger partial charge in [-0.15, -0.1) is 0 Å². The Morgan fingerprint density at radius 2 is 2.26 bits per heavy atom. The molecule has 1 saturated heterocycles. The van der Waals surface area contributed by atoms with Gasteiger partial charge in [-0.25, -0.2) is 4.79 Å². The average molecular weight is 322 g/mol. The molecule has 1 aliphatic heterocycles. The first-order valence-electron chi connectivity index (χ1n) is 8.60. The van der Waals surface area contributed by atoms with Crippen LogP contribution in [0.15, 0.2) is 22.8 Å². The average Bonchev–Trinajstić information content (AvgIpc) is 2.97. The highest BCUT2D eigenvalue weighted by molar-refractivity contribution is 5.68. The third-order valence-corrected chi connectivity index (χ3v) is 4.09. The first kappa shape index (κ1) is 17.9. The Morgan fingerprint density at radius 3 is 2.91 bits per heavy atom. The summed E-state index contributed by atoms with van der Waals surface area (Å²) in [5.74, 6) is 0.935. The minimum Gasteiger partial charge on any atom is -0.468 e. The van der Waals surface area contributed by atoms with Crippen LogP contribution in [0.25, 0.3) is 0 Å². The van der Waals surface area contributed by atoms with Crippen molar-refractivity contribution in [2.45, 2.75) is 77.6 Å². The second-order valence-corrected chi connectivity index (χ2v) is 7.42. The molecule has 2 heterocycles. The molecule has 0 aliphatic carbocycles. The summed E-state index contributed by atoms with van der Waals surface area (Å²) in [4.78, 5) is 14.3. The van der Waals surface area contributed by atoms with Gasteiger partial charge in [-0.3, -0.25) is 0 Å². The van der Waals surface area contributed by atoms with Gasteiger partial charge >= 0.3 is 6.09 Å². The Labute approximate surface area is 139 Å². The maximum atomic E-state index is 12.4. The molecule has 5 heteroatoms. The third-order valence-electron chi connectivity index (χ3n) is 4.09. The van der Waals surface area contributed by atoms with Crippen LogP contribution in [0.3, 0.4) is 0 Å². The molecule has 5 nitrogen and oxygen atoms in total. The van der Waals surface area contributed by atoms with E-state index in [-0.39, 0.29) is 12.1 Å². The molecule has 1 N–H and O–H groups in total. The zero-order valence-electron chi connectivity index (χ0n) is 14.8. The van der Waals surface area contributed by atoms with Crippen LogP contribution in [0.2, 0.25) is 0 Å². The predicted octanol–water partition coefficient (Wildman–Crippen LogP) is 3.94. The maximum Gasteiger partial charge on any atom is 0.410 e. The first-order chi connectivity index (χ1) is 10.8. The number of nitrogens with zero attached hydrogens (tertiary/aromatic N) is 1. The number of ether oxygens (including phenoxy) is 1. The summed E-state index contributed by atoms with van der Waals surface area (Å²) in [5, 5.41) is 3.47. The second-order valence-electron chi connectivity index (χ2n) is 7.42. The largest absolute Gasteiger partial charge is 0.468 e. The molecule has 2 unspecified atom stereocenters. The Bertz CT molecular complexity index is 479. The number of hydrogen-bond donors (Lipinski definition) is 1. The van der Waals surface area contributed by atoms with Crippen LogP contribution in [0.1, 0.15) is 59.1 Å². The fourth-order valence-corrected chi connectivity index (χ4v) is 2.99. The topological polar surface area (TPSA) is 54.7 Å². The van der Waals surface area contributed by atoms with Gasteiger partial charge in [0.25, 0.3) is 0 Å². The highest BCUT2D eigenvalue weighted by atomic mass is 16.6. The molecule has 2 atom stereocenters. The summed E-state index contributed by atoms with van der Waals surface area (Å²) in [7, 11) is 0. The fraction of sp³-hybridized carbons (Fsp3) is 0.722. The Morgan fingerprint density at radius 1 is 1.48 bits per heavy atom. The molecule has 1 amide bonds. The minimum atomic E-state index is -0.442. The Kier molecular flexibility index (Phi) is 6.10. The molecule has 0 radical (unpaired) electrons. The van der Waals surface area contributed by atoms with Crippen molar-refractivity contribution in [2.75, 3.05) is 6.54 Å². The van der Waals surface area contributed by atoms with Crippen LogP contribution in [0.5, 0.6) is 0 Å². The van der Waals surface area contributed by atoms with Gasteiger partial charge in [0.05, 0.1) is 12.8 Å². The summed E-state index contributed by atoms with van der Waals surface area (Å²) >= 11 is 0. The number of carbonyl (C=O) groups excluding carboxylic acids is 1. The van der Waals surface area contributed by atoms with Crippen LogP contribution >= 0.6 is 0 Å². The van der Waals surface area contributed by atoms with E-state index in [1.54, 1.807) is 6.26 Å². The molecular weight excluding hydrogens is 292 g/mol. The van der Waals surface area contributed by atoms with Crippen molar-refractivity contribution in [1.82, 2.24) is 10.2 Å². The summed E-state index contributed by atoms with van der Waals surface area (Å²) in [6.45, 7) is 9.41. The van der Waals surface area contributed by atoms with Crippen molar-refractivity contribution in [3.63, 3.8) is 0 Å². The van der Waals surface area contributed by atoms with E-state index in [0.29, 0.717) is 12.6 Å². The third kappa shape index (κ3) is 5.90. The SMILES string of the molecule is CC(CC1CCCCN1C(=O)OC(C)(C)C)NCc1ccco1. The molecule has 130 valence electrons. The Balaban J connectivity index is 1.86. The number of likely N-dealkylation sites (tertiary alicyclic amines) is 1. The summed E-state index contributed by atoms with van der Waals surface area (Å²) in [6.07, 6.45) is 5.72. The number of amides is 1. The molecule has 0 bridgehead atoms. The summed E-state index contributed by atoms with van der Waals surface area (Å²) in [6, 6.07) is 4.42. The van der Waals surface area contributed by atoms with Crippen molar-refractivity contribution >= 4 is 6.09 Å². The number of furan rings is 1. The molecule has 1 aromatic heterocycles. The molecule has 0 saturated carbocycles. The summed E-state index contributed by atoms with van der Waals surface area (Å²) < 4.78 is 10.9. The van der Waals surface area contributed by atoms with E-state index in [4.69, 9.17) is 9.15 Å². The van der Waals surface area contributed by atoms with Crippen molar-refractivity contribution < 1.29 is 13.9 Å². The van der Waals surface area contributed by atoms with Gasteiger partial charge in [0.15, 0.2) is 0 Å². The smallest absolute Gasteiger partial charge is 0.410 e. The number of rotatable bonds is 5. The van der Waals surface area contributed by atoms with E-state index in [0.717, 1.165) is 31.6 Å². The van der Waals surface area contributed by atoms with Crippen molar-refractivity contribution in [1.29, 1.82) is 0 Å². The highest BCUT2D eigenvalue weighted by Gasteiger charge is 2.31. The van der Waals surface area contributed by atoms with E-state index in [9.17, 15) is 4.79 Å². The lowest BCUT2D eigenvalue weighted by Crippen LogP contribution is -2.48. The zero-order chi connectivity index (χ0) is 16.9. The first-order valence-corrected chi connectivity index (χ1v) is 8.60. The lowest BCUT2D eigenvalue weighted by atomic mass is 9.96. The van der Waals surface area contributed by atoms with Gasteiger partial charge in [0.2, 0.25) is 0 Å². The molecule has 1 fully saturated rings. The monoisotopic (exact) mass is 322 g/mol. The van der Waals surface area contributed by atoms with Crippen LogP contribution < -0.4 is 5.32 Å². The van der Waals surface area contributed by atoms with Crippen molar-refractivity contribution in [2.24, 2.45) is 0 Å². The number of nitrogens with one attached hydrogen (secondary N) is 1. The van der Waals surface area contributed by atoms with E-state index in [1.807, 2.05) is 37.8 Å². The van der Waals surface area contributed by atoms with Gasteiger partial charge < -0.3 is 19.4 Å². The normalized spacial score (nSPS) is 20.3. The lowest BCUT2D eigenvalue weighted by Gasteiger charge is -2.38. The number of carbonyl (C=O) groups is 1. The van der Waals surface area contributed by atoms with Crippen molar-refractivity contribution in [3.8, 4) is 0 Å². The van der Waals surface area contributed by atoms with E-state index in [1.165, 1.54) is 6.42 Å². The van der Waals surface area contributed by atoms with E-state index >= 15 is 0 Å². The number of piperidine rings is 1. The molecule has 0 aromatic carbocycles. The number of hydrogen-bond acceptors (Lipinski definition) is 4. The molecule has 1 aliphatic rings. The molecular formula is C18H30N2O3. The quantitative estimate of drug-likeness (QED) is 0.892. The maximum absolute atomic E-state index is 12.4. The molecule has 2 rings (SSSR count). The molecule has 23 heavy (non-hydrogen) atoms. The van der Waals surface area contributed by atoms with Crippen LogP contribution in [-0.4, -0.2) is 35.2 Å². The van der Waals surface area contributed by atoms with E-state index in [2.05, 4.69) is 12.2 Å². The van der Waals surface area contributed by atoms with Gasteiger partial charge in [0.1, 0.15) is 11.4 Å². The highest BCUT2D eigenvalue weighted by Crippen LogP contribution is 2.23. The fourth-order valence-electron chi connectivity index (χ4n) is 2.99.